The molecule has 0 bridgehead atoms. The smallest absolute Gasteiger partial charge is 0.349 e. The number of nitrogens with zero attached hydrogens (tertiary/aromatic N) is 2. The maximum Gasteiger partial charge on any atom is 0.416 e. The van der Waals surface area contributed by atoms with Gasteiger partial charge in [-0.3, -0.25) is 9.59 Å². The van der Waals surface area contributed by atoms with Crippen molar-refractivity contribution in [2.45, 2.75) is 33.4 Å². The van der Waals surface area contributed by atoms with Crippen LogP contribution in [-0.2, 0) is 11.0 Å². The fourth-order valence-corrected chi connectivity index (χ4v) is 2.47. The molecule has 2 aromatic rings. The van der Waals surface area contributed by atoms with Crippen molar-refractivity contribution in [3.05, 3.63) is 46.8 Å². The Kier molecular flexibility index (Phi) is 5.30. The quantitative estimate of drug-likeness (QED) is 0.663. The standard InChI is InChI=1S/C17H18F3N3O2/c1-4-8-21-16(25)15(24)14-10(2)22-23(11(14)3)13-7-5-6-12(9-13)17(18,19)20/h5-7,9H,4,8H2,1-3H3,(H,21,25). The van der Waals surface area contributed by atoms with Crippen LogP contribution in [0.15, 0.2) is 24.3 Å². The van der Waals surface area contributed by atoms with E-state index in [1.54, 1.807) is 6.92 Å². The number of aromatic nitrogens is 2. The summed E-state index contributed by atoms with van der Waals surface area (Å²) in [4.78, 5) is 24.2. The van der Waals surface area contributed by atoms with Crippen molar-refractivity contribution in [3.63, 3.8) is 0 Å². The lowest BCUT2D eigenvalue weighted by Gasteiger charge is -2.10. The lowest BCUT2D eigenvalue weighted by Crippen LogP contribution is -2.32. The maximum absolute atomic E-state index is 12.9. The Hall–Kier alpha value is -2.64. The topological polar surface area (TPSA) is 64.0 Å². The maximum atomic E-state index is 12.9. The summed E-state index contributed by atoms with van der Waals surface area (Å²) in [5.74, 6) is -1.50. The van der Waals surface area contributed by atoms with E-state index < -0.39 is 23.4 Å². The third kappa shape index (κ3) is 3.89. The number of rotatable bonds is 5. The summed E-state index contributed by atoms with van der Waals surface area (Å²) in [5.41, 5.74) is 0.0561. The second-order valence-corrected chi connectivity index (χ2v) is 5.59. The molecule has 0 saturated heterocycles. The molecule has 1 amide bonds. The SMILES string of the molecule is CCCNC(=O)C(=O)c1c(C)nn(-c2cccc(C(F)(F)F)c2)c1C. The van der Waals surface area contributed by atoms with Gasteiger partial charge in [-0.2, -0.15) is 18.3 Å². The van der Waals surface area contributed by atoms with E-state index in [0.717, 1.165) is 12.1 Å². The highest BCUT2D eigenvalue weighted by Crippen LogP contribution is 2.30. The third-order valence-corrected chi connectivity index (χ3v) is 3.68. The average molecular weight is 353 g/mol. The molecule has 0 aliphatic carbocycles. The van der Waals surface area contributed by atoms with Crippen LogP contribution in [0.2, 0.25) is 0 Å². The molecule has 2 rings (SSSR count). The monoisotopic (exact) mass is 353 g/mol. The van der Waals surface area contributed by atoms with Gasteiger partial charge in [-0.05, 0) is 38.5 Å². The van der Waals surface area contributed by atoms with Crippen LogP contribution in [0.3, 0.4) is 0 Å². The number of carbonyl (C=O) groups excluding carboxylic acids is 2. The van der Waals surface area contributed by atoms with Gasteiger partial charge in [0.15, 0.2) is 0 Å². The largest absolute Gasteiger partial charge is 0.416 e. The molecule has 1 heterocycles. The number of aryl methyl sites for hydroxylation is 1. The number of amides is 1. The normalized spacial score (nSPS) is 11.4. The van der Waals surface area contributed by atoms with Crippen LogP contribution in [0.25, 0.3) is 5.69 Å². The molecule has 1 aromatic carbocycles. The van der Waals surface area contributed by atoms with Gasteiger partial charge in [-0.25, -0.2) is 4.68 Å². The number of alkyl halides is 3. The van der Waals surface area contributed by atoms with Crippen LogP contribution in [0.4, 0.5) is 13.2 Å². The van der Waals surface area contributed by atoms with Crippen molar-refractivity contribution in [2.75, 3.05) is 6.54 Å². The van der Waals surface area contributed by atoms with Crippen LogP contribution in [0.1, 0.15) is 40.7 Å². The molecular formula is C17H18F3N3O2. The van der Waals surface area contributed by atoms with Gasteiger partial charge in [0.25, 0.3) is 11.7 Å². The first-order valence-electron chi connectivity index (χ1n) is 7.73. The fraction of sp³-hybridized carbons (Fsp3) is 0.353. The Morgan fingerprint density at radius 3 is 2.52 bits per heavy atom. The summed E-state index contributed by atoms with van der Waals surface area (Å²) in [7, 11) is 0. The first kappa shape index (κ1) is 18.7. The van der Waals surface area contributed by atoms with E-state index >= 15 is 0 Å². The van der Waals surface area contributed by atoms with Crippen molar-refractivity contribution < 1.29 is 22.8 Å². The van der Waals surface area contributed by atoms with Crippen LogP contribution < -0.4 is 5.32 Å². The Morgan fingerprint density at radius 1 is 1.24 bits per heavy atom. The number of carbonyl (C=O) groups is 2. The molecule has 0 unspecified atom stereocenters. The summed E-state index contributed by atoms with van der Waals surface area (Å²) in [6, 6.07) is 4.63. The molecule has 0 fully saturated rings. The highest BCUT2D eigenvalue weighted by Gasteiger charge is 2.31. The van der Waals surface area contributed by atoms with Crippen molar-refractivity contribution in [2.24, 2.45) is 0 Å². The zero-order valence-corrected chi connectivity index (χ0v) is 14.1. The Morgan fingerprint density at radius 2 is 1.92 bits per heavy atom. The van der Waals surface area contributed by atoms with E-state index in [2.05, 4.69) is 10.4 Å². The summed E-state index contributed by atoms with van der Waals surface area (Å²) in [6.45, 7) is 5.30. The van der Waals surface area contributed by atoms with Gasteiger partial charge >= 0.3 is 6.18 Å². The zero-order chi connectivity index (χ0) is 18.8. The minimum atomic E-state index is -4.48. The molecular weight excluding hydrogens is 335 g/mol. The lowest BCUT2D eigenvalue weighted by molar-refractivity contribution is -0.137. The molecule has 1 aromatic heterocycles. The van der Waals surface area contributed by atoms with Crippen LogP contribution >= 0.6 is 0 Å². The minimum absolute atomic E-state index is 0.103. The van der Waals surface area contributed by atoms with E-state index in [1.807, 2.05) is 6.92 Å². The van der Waals surface area contributed by atoms with Crippen molar-refractivity contribution >= 4 is 11.7 Å². The van der Waals surface area contributed by atoms with Gasteiger partial charge in [-0.1, -0.05) is 13.0 Å². The lowest BCUT2D eigenvalue weighted by atomic mass is 10.1. The fourth-order valence-electron chi connectivity index (χ4n) is 2.47. The van der Waals surface area contributed by atoms with E-state index in [-0.39, 0.29) is 16.9 Å². The van der Waals surface area contributed by atoms with Gasteiger partial charge in [-0.15, -0.1) is 0 Å². The molecule has 5 nitrogen and oxygen atoms in total. The molecule has 1 N–H and O–H groups in total. The first-order valence-corrected chi connectivity index (χ1v) is 7.73. The van der Waals surface area contributed by atoms with Crippen LogP contribution in [-0.4, -0.2) is 28.0 Å². The molecule has 0 spiro atoms. The van der Waals surface area contributed by atoms with Crippen molar-refractivity contribution in [3.8, 4) is 5.69 Å². The van der Waals surface area contributed by atoms with Crippen molar-refractivity contribution in [1.82, 2.24) is 15.1 Å². The molecule has 0 atom stereocenters. The molecule has 0 radical (unpaired) electrons. The Balaban J connectivity index is 2.43. The number of hydrogen-bond donors (Lipinski definition) is 1. The number of benzene rings is 1. The van der Waals surface area contributed by atoms with Crippen LogP contribution in [0, 0.1) is 13.8 Å². The Bertz CT molecular complexity index is 810. The second kappa shape index (κ2) is 7.08. The predicted octanol–water partition coefficient (Wildman–Crippen LogP) is 3.22. The summed E-state index contributed by atoms with van der Waals surface area (Å²) in [6.07, 6.45) is -3.80. The van der Waals surface area contributed by atoms with E-state index in [9.17, 15) is 22.8 Å². The van der Waals surface area contributed by atoms with Gasteiger partial charge in [0, 0.05) is 6.54 Å². The Labute approximate surface area is 142 Å². The number of halogens is 3. The molecule has 0 aliphatic rings. The van der Waals surface area contributed by atoms with E-state index in [0.29, 0.717) is 18.7 Å². The van der Waals surface area contributed by atoms with E-state index in [4.69, 9.17) is 0 Å². The predicted molar refractivity (Wildman–Crippen MR) is 85.7 cm³/mol. The molecule has 25 heavy (non-hydrogen) atoms. The van der Waals surface area contributed by atoms with Crippen LogP contribution in [0.5, 0.6) is 0 Å². The van der Waals surface area contributed by atoms with Gasteiger partial charge < -0.3 is 5.32 Å². The minimum Gasteiger partial charge on any atom is -0.349 e. The van der Waals surface area contributed by atoms with Crippen molar-refractivity contribution in [1.29, 1.82) is 0 Å². The first-order chi connectivity index (χ1) is 11.7. The zero-order valence-electron chi connectivity index (χ0n) is 14.1. The number of ketones is 1. The van der Waals surface area contributed by atoms with Gasteiger partial charge in [0.1, 0.15) is 0 Å². The second-order valence-electron chi connectivity index (χ2n) is 5.59. The molecule has 0 saturated carbocycles. The molecule has 8 heteroatoms. The average Bonchev–Trinajstić information content (AvgIpc) is 2.86. The molecule has 134 valence electrons. The number of nitrogens with one attached hydrogen (secondary N) is 1. The molecule has 0 aliphatic heterocycles. The summed E-state index contributed by atoms with van der Waals surface area (Å²) < 4.78 is 39.9. The van der Waals surface area contributed by atoms with Gasteiger partial charge in [0.05, 0.1) is 28.2 Å². The summed E-state index contributed by atoms with van der Waals surface area (Å²) >= 11 is 0. The number of hydrogen-bond acceptors (Lipinski definition) is 3. The highest BCUT2D eigenvalue weighted by atomic mass is 19.4. The highest BCUT2D eigenvalue weighted by molar-refractivity contribution is 6.43. The number of Topliss-reactive ketones (excluding diaryl/α,β-unsaturated/α-hetero) is 1. The van der Waals surface area contributed by atoms with E-state index in [1.165, 1.54) is 23.7 Å². The van der Waals surface area contributed by atoms with Gasteiger partial charge in [0.2, 0.25) is 0 Å². The summed E-state index contributed by atoms with van der Waals surface area (Å²) in [5, 5.41) is 6.62. The third-order valence-electron chi connectivity index (χ3n) is 3.68.